The van der Waals surface area contributed by atoms with E-state index in [9.17, 15) is 18.0 Å². The van der Waals surface area contributed by atoms with Gasteiger partial charge in [-0.25, -0.2) is 0 Å². The number of amides is 1. The van der Waals surface area contributed by atoms with E-state index in [1.807, 2.05) is 24.1 Å². The molecule has 1 saturated heterocycles. The number of nitrogens with zero attached hydrogens (tertiary/aromatic N) is 3. The third-order valence-corrected chi connectivity index (χ3v) is 7.23. The van der Waals surface area contributed by atoms with Crippen LogP contribution in [0.4, 0.5) is 13.2 Å². The highest BCUT2D eigenvalue weighted by atomic mass is 35.5. The molecule has 0 spiro atoms. The van der Waals surface area contributed by atoms with Gasteiger partial charge in [0.05, 0.1) is 27.2 Å². The maximum atomic E-state index is 13.3. The second-order valence-corrected chi connectivity index (χ2v) is 9.67. The molecule has 1 fully saturated rings. The fraction of sp³-hybridized carbons (Fsp3) is 0.259. The highest BCUT2D eigenvalue weighted by Gasteiger charge is 2.39. The fourth-order valence-electron chi connectivity index (χ4n) is 4.54. The van der Waals surface area contributed by atoms with Crippen molar-refractivity contribution in [3.05, 3.63) is 105 Å². The molecular formula is C27H22Cl2F3N3O. The molecule has 3 aromatic carbocycles. The number of halogens is 5. The average Bonchev–Trinajstić information content (AvgIpc) is 3.31. The van der Waals surface area contributed by atoms with Gasteiger partial charge in [-0.3, -0.25) is 9.69 Å². The molecule has 0 bridgehead atoms. The Morgan fingerprint density at radius 2 is 1.69 bits per heavy atom. The van der Waals surface area contributed by atoms with E-state index in [2.05, 4.69) is 0 Å². The van der Waals surface area contributed by atoms with Crippen molar-refractivity contribution < 1.29 is 18.0 Å². The molecule has 1 aliphatic rings. The Kier molecular flexibility index (Phi) is 7.60. The molecule has 2 atom stereocenters. The lowest BCUT2D eigenvalue weighted by Gasteiger charge is -2.29. The number of likely N-dealkylation sites (tertiary alicyclic amines) is 1. The van der Waals surface area contributed by atoms with Gasteiger partial charge in [0.15, 0.2) is 0 Å². The first-order valence-electron chi connectivity index (χ1n) is 11.2. The van der Waals surface area contributed by atoms with Crippen molar-refractivity contribution in [2.45, 2.75) is 24.7 Å². The Bertz CT molecular complexity index is 1290. The number of carbonyl (C=O) groups excluding carboxylic acids is 1. The SMILES string of the molecule is CN(Cc1ccc(C(F)(F)F)cc1)[C@@H]1CN(C(=O)c2ccc(C#N)cc2)C[C@@H]1c1ccc(Cl)c(Cl)c1. The molecule has 36 heavy (non-hydrogen) atoms. The predicted octanol–water partition coefficient (Wildman–Crippen LogP) is 6.62. The van der Waals surface area contributed by atoms with Crippen LogP contribution in [0.5, 0.6) is 0 Å². The summed E-state index contributed by atoms with van der Waals surface area (Å²) in [6.07, 6.45) is -4.39. The zero-order valence-corrected chi connectivity index (χ0v) is 20.8. The lowest BCUT2D eigenvalue weighted by molar-refractivity contribution is -0.137. The molecule has 9 heteroatoms. The van der Waals surface area contributed by atoms with E-state index in [0.29, 0.717) is 40.8 Å². The number of hydrogen-bond acceptors (Lipinski definition) is 3. The van der Waals surface area contributed by atoms with Gasteiger partial charge in [-0.05, 0) is 66.7 Å². The van der Waals surface area contributed by atoms with Crippen LogP contribution in [0, 0.1) is 11.3 Å². The summed E-state index contributed by atoms with van der Waals surface area (Å²) < 4.78 is 38.8. The van der Waals surface area contributed by atoms with Crippen LogP contribution in [-0.2, 0) is 12.7 Å². The summed E-state index contributed by atoms with van der Waals surface area (Å²) in [5.41, 5.74) is 1.91. The number of benzene rings is 3. The highest BCUT2D eigenvalue weighted by Crippen LogP contribution is 2.35. The molecule has 0 saturated carbocycles. The summed E-state index contributed by atoms with van der Waals surface area (Å²) in [6.45, 7) is 1.25. The van der Waals surface area contributed by atoms with Crippen molar-refractivity contribution in [2.24, 2.45) is 0 Å². The van der Waals surface area contributed by atoms with Crippen LogP contribution < -0.4 is 0 Å². The van der Waals surface area contributed by atoms with Crippen LogP contribution in [0.2, 0.25) is 10.0 Å². The summed E-state index contributed by atoms with van der Waals surface area (Å²) in [5.74, 6) is -0.253. The summed E-state index contributed by atoms with van der Waals surface area (Å²) in [7, 11) is 1.89. The molecule has 1 heterocycles. The number of likely N-dealkylation sites (N-methyl/N-ethyl adjacent to an activating group) is 1. The van der Waals surface area contributed by atoms with Crippen LogP contribution in [-0.4, -0.2) is 41.9 Å². The van der Waals surface area contributed by atoms with Gasteiger partial charge in [0.2, 0.25) is 0 Å². The molecule has 0 aromatic heterocycles. The third-order valence-electron chi connectivity index (χ3n) is 6.49. The van der Waals surface area contributed by atoms with Crippen molar-refractivity contribution in [2.75, 3.05) is 20.1 Å². The van der Waals surface area contributed by atoms with E-state index in [4.69, 9.17) is 28.5 Å². The van der Waals surface area contributed by atoms with E-state index in [1.165, 1.54) is 12.1 Å². The Morgan fingerprint density at radius 3 is 2.28 bits per heavy atom. The second-order valence-electron chi connectivity index (χ2n) is 8.86. The minimum atomic E-state index is -4.39. The monoisotopic (exact) mass is 531 g/mol. The zero-order chi connectivity index (χ0) is 26.0. The Hall–Kier alpha value is -3.05. The van der Waals surface area contributed by atoms with Gasteiger partial charge < -0.3 is 4.90 Å². The molecule has 0 aliphatic carbocycles. The molecule has 1 amide bonds. The Balaban J connectivity index is 1.59. The molecule has 0 N–H and O–H groups in total. The lowest BCUT2D eigenvalue weighted by atomic mass is 9.93. The largest absolute Gasteiger partial charge is 0.416 e. The van der Waals surface area contributed by atoms with Crippen molar-refractivity contribution in [1.29, 1.82) is 5.26 Å². The fourth-order valence-corrected chi connectivity index (χ4v) is 4.85. The number of nitriles is 1. The minimum Gasteiger partial charge on any atom is -0.336 e. The molecule has 4 rings (SSSR count). The predicted molar refractivity (Wildman–Crippen MR) is 133 cm³/mol. The zero-order valence-electron chi connectivity index (χ0n) is 19.3. The lowest BCUT2D eigenvalue weighted by Crippen LogP contribution is -2.38. The topological polar surface area (TPSA) is 47.3 Å². The van der Waals surface area contributed by atoms with Crippen molar-refractivity contribution in [1.82, 2.24) is 9.80 Å². The van der Waals surface area contributed by atoms with Gasteiger partial charge in [-0.1, -0.05) is 41.4 Å². The summed E-state index contributed by atoms with van der Waals surface area (Å²) in [5, 5.41) is 9.87. The Labute approximate surface area is 217 Å². The first-order valence-corrected chi connectivity index (χ1v) is 11.9. The van der Waals surface area contributed by atoms with Gasteiger partial charge in [-0.2, -0.15) is 18.4 Å². The standard InChI is InChI=1S/C27H22Cl2F3N3O/c1-34(14-18-4-9-21(10-5-18)27(30,31)32)25-16-35(26(36)19-6-2-17(13-33)3-7-19)15-22(25)20-8-11-23(28)24(29)12-20/h2-12,22,25H,14-16H2,1H3/t22-,25-/m1/s1. The molecule has 4 nitrogen and oxygen atoms in total. The number of hydrogen-bond donors (Lipinski definition) is 0. The quantitative estimate of drug-likeness (QED) is 0.371. The van der Waals surface area contributed by atoms with Crippen LogP contribution in [0.15, 0.2) is 66.7 Å². The maximum Gasteiger partial charge on any atom is 0.416 e. The molecule has 1 aliphatic heterocycles. The smallest absolute Gasteiger partial charge is 0.336 e. The Morgan fingerprint density at radius 1 is 1.03 bits per heavy atom. The summed E-state index contributed by atoms with van der Waals surface area (Å²) >= 11 is 12.4. The van der Waals surface area contributed by atoms with Gasteiger partial charge >= 0.3 is 6.18 Å². The number of carbonyl (C=O) groups is 1. The normalized spacial score (nSPS) is 17.9. The maximum absolute atomic E-state index is 13.3. The average molecular weight is 532 g/mol. The number of alkyl halides is 3. The van der Waals surface area contributed by atoms with Crippen LogP contribution >= 0.6 is 23.2 Å². The molecular weight excluding hydrogens is 510 g/mol. The van der Waals surface area contributed by atoms with Crippen molar-refractivity contribution in [3.8, 4) is 6.07 Å². The number of rotatable bonds is 5. The van der Waals surface area contributed by atoms with Crippen molar-refractivity contribution >= 4 is 29.1 Å². The first kappa shape index (κ1) is 26.0. The van der Waals surface area contributed by atoms with Gasteiger partial charge in [0.25, 0.3) is 5.91 Å². The van der Waals surface area contributed by atoms with E-state index < -0.39 is 11.7 Å². The summed E-state index contributed by atoms with van der Waals surface area (Å²) in [4.78, 5) is 17.1. The van der Waals surface area contributed by atoms with Crippen LogP contribution in [0.25, 0.3) is 0 Å². The molecule has 3 aromatic rings. The van der Waals surface area contributed by atoms with E-state index in [-0.39, 0.29) is 17.9 Å². The van der Waals surface area contributed by atoms with Gasteiger partial charge in [0.1, 0.15) is 0 Å². The summed E-state index contributed by atoms with van der Waals surface area (Å²) in [6, 6.07) is 18.9. The van der Waals surface area contributed by atoms with Gasteiger partial charge in [-0.15, -0.1) is 0 Å². The molecule has 0 radical (unpaired) electrons. The van der Waals surface area contributed by atoms with E-state index in [0.717, 1.165) is 23.3 Å². The van der Waals surface area contributed by atoms with E-state index >= 15 is 0 Å². The first-order chi connectivity index (χ1) is 17.1. The highest BCUT2D eigenvalue weighted by molar-refractivity contribution is 6.42. The molecule has 0 unspecified atom stereocenters. The molecule has 186 valence electrons. The van der Waals surface area contributed by atoms with Crippen LogP contribution in [0.1, 0.15) is 38.5 Å². The van der Waals surface area contributed by atoms with Gasteiger partial charge in [0, 0.05) is 37.2 Å². The van der Waals surface area contributed by atoms with E-state index in [1.54, 1.807) is 41.3 Å². The second kappa shape index (κ2) is 10.5. The van der Waals surface area contributed by atoms with Crippen LogP contribution in [0.3, 0.4) is 0 Å². The minimum absolute atomic E-state index is 0.0958. The van der Waals surface area contributed by atoms with Crippen molar-refractivity contribution in [3.63, 3.8) is 0 Å². The third kappa shape index (κ3) is 5.67.